The van der Waals surface area contributed by atoms with Gasteiger partial charge in [0.1, 0.15) is 0 Å². The maximum atomic E-state index is 3.57. The van der Waals surface area contributed by atoms with Crippen molar-refractivity contribution >= 4 is 0 Å². The number of nitrogens with zero attached hydrogens (tertiary/aromatic N) is 2. The summed E-state index contributed by atoms with van der Waals surface area (Å²) in [4.78, 5) is 5.29. The summed E-state index contributed by atoms with van der Waals surface area (Å²) in [5.41, 5.74) is 0. The molecule has 2 aliphatic rings. The number of hydrogen-bond acceptors (Lipinski definition) is 3. The van der Waals surface area contributed by atoms with Crippen molar-refractivity contribution in [2.75, 3.05) is 39.3 Å². The molecule has 0 bridgehead atoms. The highest BCUT2D eigenvalue weighted by atomic mass is 15.2. The van der Waals surface area contributed by atoms with Crippen LogP contribution >= 0.6 is 0 Å². The molecule has 3 heteroatoms. The first-order valence-corrected chi connectivity index (χ1v) is 7.38. The van der Waals surface area contributed by atoms with Gasteiger partial charge >= 0.3 is 0 Å². The van der Waals surface area contributed by atoms with Crippen molar-refractivity contribution in [1.82, 2.24) is 15.1 Å². The van der Waals surface area contributed by atoms with Crippen molar-refractivity contribution in [3.8, 4) is 0 Å². The summed E-state index contributed by atoms with van der Waals surface area (Å²) in [6.45, 7) is 14.5. The third-order valence-electron chi connectivity index (χ3n) is 4.54. The number of piperazine rings is 1. The smallest absolute Gasteiger partial charge is 0.0193 e. The summed E-state index contributed by atoms with van der Waals surface area (Å²) in [7, 11) is 0. The molecule has 2 rings (SSSR count). The monoisotopic (exact) mass is 239 g/mol. The van der Waals surface area contributed by atoms with Gasteiger partial charge in [-0.2, -0.15) is 0 Å². The standard InChI is InChI=1S/C14H29N3/c1-4-16-7-5-14(6-8-16)11-17-10-12(2)15-9-13(17)3/h12-15H,4-11H2,1-3H3. The number of rotatable bonds is 3. The fourth-order valence-corrected chi connectivity index (χ4v) is 3.17. The molecule has 2 saturated heterocycles. The summed E-state index contributed by atoms with van der Waals surface area (Å²) >= 11 is 0. The second kappa shape index (κ2) is 6.17. The highest BCUT2D eigenvalue weighted by Gasteiger charge is 2.26. The maximum absolute atomic E-state index is 3.57. The fourth-order valence-electron chi connectivity index (χ4n) is 3.17. The van der Waals surface area contributed by atoms with Gasteiger partial charge in [0.2, 0.25) is 0 Å². The molecule has 2 aliphatic heterocycles. The third kappa shape index (κ3) is 3.67. The average Bonchev–Trinajstić information content (AvgIpc) is 2.35. The molecule has 0 saturated carbocycles. The quantitative estimate of drug-likeness (QED) is 0.803. The molecule has 0 aromatic heterocycles. The largest absolute Gasteiger partial charge is 0.311 e. The molecule has 2 heterocycles. The molecule has 0 radical (unpaired) electrons. The lowest BCUT2D eigenvalue weighted by atomic mass is 9.95. The number of likely N-dealkylation sites (tertiary alicyclic amines) is 1. The topological polar surface area (TPSA) is 18.5 Å². The molecular weight excluding hydrogens is 210 g/mol. The normalized spacial score (nSPS) is 34.1. The Morgan fingerprint density at radius 2 is 1.88 bits per heavy atom. The maximum Gasteiger partial charge on any atom is 0.0193 e. The minimum absolute atomic E-state index is 0.668. The molecule has 3 nitrogen and oxygen atoms in total. The van der Waals surface area contributed by atoms with Crippen LogP contribution in [0.3, 0.4) is 0 Å². The van der Waals surface area contributed by atoms with Crippen LogP contribution in [0.25, 0.3) is 0 Å². The Labute approximate surface area is 107 Å². The van der Waals surface area contributed by atoms with Gasteiger partial charge in [0.15, 0.2) is 0 Å². The van der Waals surface area contributed by atoms with E-state index in [9.17, 15) is 0 Å². The van der Waals surface area contributed by atoms with E-state index in [2.05, 4.69) is 35.9 Å². The summed E-state index contributed by atoms with van der Waals surface area (Å²) in [6.07, 6.45) is 2.80. The van der Waals surface area contributed by atoms with Crippen LogP contribution in [0.5, 0.6) is 0 Å². The lowest BCUT2D eigenvalue weighted by molar-refractivity contribution is 0.0957. The molecule has 0 aliphatic carbocycles. The van der Waals surface area contributed by atoms with Crippen LogP contribution in [0.15, 0.2) is 0 Å². The highest BCUT2D eigenvalue weighted by Crippen LogP contribution is 2.20. The van der Waals surface area contributed by atoms with Gasteiger partial charge in [-0.1, -0.05) is 6.92 Å². The van der Waals surface area contributed by atoms with Gasteiger partial charge < -0.3 is 10.2 Å². The first kappa shape index (κ1) is 13.3. The zero-order valence-electron chi connectivity index (χ0n) is 11.8. The van der Waals surface area contributed by atoms with Crippen LogP contribution in [0.1, 0.15) is 33.6 Å². The van der Waals surface area contributed by atoms with Crippen molar-refractivity contribution in [1.29, 1.82) is 0 Å². The van der Waals surface area contributed by atoms with E-state index in [1.807, 2.05) is 0 Å². The lowest BCUT2D eigenvalue weighted by Crippen LogP contribution is -2.55. The van der Waals surface area contributed by atoms with E-state index in [4.69, 9.17) is 0 Å². The van der Waals surface area contributed by atoms with Crippen LogP contribution < -0.4 is 5.32 Å². The fraction of sp³-hybridized carbons (Fsp3) is 1.00. The summed E-state index contributed by atoms with van der Waals surface area (Å²) in [5, 5.41) is 3.57. The Kier molecular flexibility index (Phi) is 4.83. The van der Waals surface area contributed by atoms with E-state index in [0.717, 1.165) is 18.5 Å². The van der Waals surface area contributed by atoms with E-state index >= 15 is 0 Å². The Morgan fingerprint density at radius 3 is 2.53 bits per heavy atom. The minimum Gasteiger partial charge on any atom is -0.311 e. The van der Waals surface area contributed by atoms with Gasteiger partial charge in [-0.15, -0.1) is 0 Å². The predicted molar refractivity (Wildman–Crippen MR) is 73.3 cm³/mol. The Balaban J connectivity index is 1.76. The van der Waals surface area contributed by atoms with Gasteiger partial charge in [0, 0.05) is 31.7 Å². The summed E-state index contributed by atoms with van der Waals surface area (Å²) in [5.74, 6) is 0.936. The van der Waals surface area contributed by atoms with Crippen molar-refractivity contribution < 1.29 is 0 Å². The summed E-state index contributed by atoms with van der Waals surface area (Å²) in [6, 6.07) is 1.39. The van der Waals surface area contributed by atoms with Crippen molar-refractivity contribution in [3.05, 3.63) is 0 Å². The number of nitrogens with one attached hydrogen (secondary N) is 1. The molecule has 0 aromatic carbocycles. The molecule has 1 N–H and O–H groups in total. The predicted octanol–water partition coefficient (Wildman–Crippen LogP) is 1.40. The van der Waals surface area contributed by atoms with E-state index in [1.165, 1.54) is 45.6 Å². The highest BCUT2D eigenvalue weighted by molar-refractivity contribution is 4.84. The van der Waals surface area contributed by atoms with Crippen molar-refractivity contribution in [3.63, 3.8) is 0 Å². The lowest BCUT2D eigenvalue weighted by Gasteiger charge is -2.41. The van der Waals surface area contributed by atoms with Crippen molar-refractivity contribution in [2.45, 2.75) is 45.7 Å². The number of hydrogen-bond donors (Lipinski definition) is 1. The van der Waals surface area contributed by atoms with Crippen LogP contribution in [0.2, 0.25) is 0 Å². The molecule has 2 unspecified atom stereocenters. The first-order chi connectivity index (χ1) is 8.19. The zero-order valence-corrected chi connectivity index (χ0v) is 11.8. The SMILES string of the molecule is CCN1CCC(CN2CC(C)NCC2C)CC1. The molecule has 2 fully saturated rings. The van der Waals surface area contributed by atoms with Gasteiger partial charge in [0.05, 0.1) is 0 Å². The van der Waals surface area contributed by atoms with Gasteiger partial charge in [-0.3, -0.25) is 4.90 Å². The molecule has 0 spiro atoms. The average molecular weight is 239 g/mol. The van der Waals surface area contributed by atoms with Gasteiger partial charge in [0.25, 0.3) is 0 Å². The summed E-state index contributed by atoms with van der Waals surface area (Å²) < 4.78 is 0. The minimum atomic E-state index is 0.668. The Hall–Kier alpha value is -0.120. The third-order valence-corrected chi connectivity index (χ3v) is 4.54. The Morgan fingerprint density at radius 1 is 1.18 bits per heavy atom. The van der Waals surface area contributed by atoms with Crippen LogP contribution in [0.4, 0.5) is 0 Å². The van der Waals surface area contributed by atoms with E-state index in [1.54, 1.807) is 0 Å². The van der Waals surface area contributed by atoms with Gasteiger partial charge in [-0.25, -0.2) is 0 Å². The molecule has 100 valence electrons. The molecule has 17 heavy (non-hydrogen) atoms. The van der Waals surface area contributed by atoms with Crippen LogP contribution in [-0.4, -0.2) is 61.2 Å². The second-order valence-corrected chi connectivity index (χ2v) is 5.99. The van der Waals surface area contributed by atoms with Crippen molar-refractivity contribution in [2.24, 2.45) is 5.92 Å². The van der Waals surface area contributed by atoms with E-state index in [0.29, 0.717) is 6.04 Å². The van der Waals surface area contributed by atoms with E-state index in [-0.39, 0.29) is 0 Å². The molecule has 0 aromatic rings. The second-order valence-electron chi connectivity index (χ2n) is 5.99. The van der Waals surface area contributed by atoms with Crippen LogP contribution in [0, 0.1) is 5.92 Å². The molecule has 0 amide bonds. The van der Waals surface area contributed by atoms with E-state index < -0.39 is 0 Å². The first-order valence-electron chi connectivity index (χ1n) is 7.38. The number of piperidine rings is 1. The van der Waals surface area contributed by atoms with Crippen LogP contribution in [-0.2, 0) is 0 Å². The zero-order chi connectivity index (χ0) is 12.3. The molecular formula is C14H29N3. The Bertz CT molecular complexity index is 224. The van der Waals surface area contributed by atoms with Gasteiger partial charge in [-0.05, 0) is 52.2 Å². The molecule has 2 atom stereocenters.